The molecule has 1 aliphatic heterocycles. The summed E-state index contributed by atoms with van der Waals surface area (Å²) in [5, 5.41) is 3.77. The third-order valence-electron chi connectivity index (χ3n) is 4.00. The summed E-state index contributed by atoms with van der Waals surface area (Å²) in [7, 11) is 2.23. The highest BCUT2D eigenvalue weighted by Crippen LogP contribution is 2.26. The van der Waals surface area contributed by atoms with Gasteiger partial charge in [0.05, 0.1) is 0 Å². The predicted molar refractivity (Wildman–Crippen MR) is 60.4 cm³/mol. The highest BCUT2D eigenvalue weighted by molar-refractivity contribution is 4.83. The lowest BCUT2D eigenvalue weighted by Gasteiger charge is -2.37. The molecule has 0 spiro atoms. The first kappa shape index (κ1) is 10.4. The Kier molecular flexibility index (Phi) is 3.45. The molecule has 0 aromatic heterocycles. The molecule has 2 heteroatoms. The fraction of sp³-hybridized carbons (Fsp3) is 1.00. The predicted octanol–water partition coefficient (Wildman–Crippen LogP) is 1.72. The maximum Gasteiger partial charge on any atom is 0.0117 e. The zero-order valence-corrected chi connectivity index (χ0v) is 9.63. The van der Waals surface area contributed by atoms with Crippen LogP contribution in [0.5, 0.6) is 0 Å². The molecular weight excluding hydrogens is 172 g/mol. The maximum atomic E-state index is 3.77. The van der Waals surface area contributed by atoms with E-state index < -0.39 is 0 Å². The van der Waals surface area contributed by atoms with Gasteiger partial charge in [0, 0.05) is 12.6 Å². The Morgan fingerprint density at radius 1 is 1.29 bits per heavy atom. The first-order valence-electron chi connectivity index (χ1n) is 6.17. The van der Waals surface area contributed by atoms with Crippen LogP contribution in [0.15, 0.2) is 0 Å². The van der Waals surface area contributed by atoms with Gasteiger partial charge in [-0.05, 0) is 51.2 Å². The van der Waals surface area contributed by atoms with E-state index in [-0.39, 0.29) is 0 Å². The van der Waals surface area contributed by atoms with E-state index >= 15 is 0 Å². The largest absolute Gasteiger partial charge is 0.313 e. The molecule has 0 amide bonds. The zero-order chi connectivity index (χ0) is 9.97. The summed E-state index contributed by atoms with van der Waals surface area (Å²) in [5.41, 5.74) is 0. The van der Waals surface area contributed by atoms with Crippen molar-refractivity contribution in [2.24, 2.45) is 11.8 Å². The van der Waals surface area contributed by atoms with Crippen LogP contribution in [-0.2, 0) is 0 Å². The molecule has 14 heavy (non-hydrogen) atoms. The molecule has 0 aromatic rings. The van der Waals surface area contributed by atoms with Crippen molar-refractivity contribution in [3.63, 3.8) is 0 Å². The summed E-state index contributed by atoms with van der Waals surface area (Å²) >= 11 is 0. The molecule has 2 unspecified atom stereocenters. The average molecular weight is 196 g/mol. The first-order chi connectivity index (χ1) is 6.75. The van der Waals surface area contributed by atoms with Crippen LogP contribution in [0.25, 0.3) is 0 Å². The summed E-state index contributed by atoms with van der Waals surface area (Å²) in [6, 6.07) is 0.784. The van der Waals surface area contributed by atoms with Gasteiger partial charge < -0.3 is 10.2 Å². The van der Waals surface area contributed by atoms with Gasteiger partial charge in [-0.25, -0.2) is 0 Å². The summed E-state index contributed by atoms with van der Waals surface area (Å²) in [6.07, 6.45) is 5.74. The molecule has 82 valence electrons. The Morgan fingerprint density at radius 3 is 2.64 bits per heavy atom. The Morgan fingerprint density at radius 2 is 2.07 bits per heavy atom. The molecule has 2 aliphatic rings. The second kappa shape index (κ2) is 4.63. The minimum Gasteiger partial charge on any atom is -0.313 e. The maximum absolute atomic E-state index is 3.77. The molecule has 1 saturated carbocycles. The minimum absolute atomic E-state index is 0.784. The van der Waals surface area contributed by atoms with Gasteiger partial charge >= 0.3 is 0 Å². The molecular formula is C12H24N2. The van der Waals surface area contributed by atoms with Crippen molar-refractivity contribution < 1.29 is 0 Å². The Hall–Kier alpha value is -0.0800. The number of piperidine rings is 1. The number of hydrogen-bond acceptors (Lipinski definition) is 2. The monoisotopic (exact) mass is 196 g/mol. The Bertz CT molecular complexity index is 177. The SMILES string of the molecule is CC1CN(C)CCC1NCC1CCC1. The van der Waals surface area contributed by atoms with Crippen molar-refractivity contribution in [1.82, 2.24) is 10.2 Å². The topological polar surface area (TPSA) is 15.3 Å². The number of nitrogens with zero attached hydrogens (tertiary/aromatic N) is 1. The van der Waals surface area contributed by atoms with Crippen LogP contribution in [0.2, 0.25) is 0 Å². The third kappa shape index (κ3) is 2.48. The zero-order valence-electron chi connectivity index (χ0n) is 9.63. The molecule has 0 bridgehead atoms. The van der Waals surface area contributed by atoms with Gasteiger partial charge in [0.1, 0.15) is 0 Å². The van der Waals surface area contributed by atoms with E-state index in [2.05, 4.69) is 24.2 Å². The summed E-state index contributed by atoms with van der Waals surface area (Å²) < 4.78 is 0. The van der Waals surface area contributed by atoms with Gasteiger partial charge in [0.25, 0.3) is 0 Å². The van der Waals surface area contributed by atoms with E-state index in [1.807, 2.05) is 0 Å². The standard InChI is InChI=1S/C12H24N2/c1-10-9-14(2)7-6-12(10)13-8-11-4-3-5-11/h10-13H,3-9H2,1-2H3. The number of rotatable bonds is 3. The van der Waals surface area contributed by atoms with Gasteiger partial charge in [-0.15, -0.1) is 0 Å². The lowest BCUT2D eigenvalue weighted by atomic mass is 9.84. The van der Waals surface area contributed by atoms with Crippen molar-refractivity contribution in [3.8, 4) is 0 Å². The van der Waals surface area contributed by atoms with E-state index in [1.54, 1.807) is 0 Å². The number of hydrogen-bond donors (Lipinski definition) is 1. The second-order valence-corrected chi connectivity index (χ2v) is 5.34. The Labute approximate surface area is 88.1 Å². The summed E-state index contributed by atoms with van der Waals surface area (Å²) in [5.74, 6) is 1.83. The normalized spacial score (nSPS) is 35.6. The second-order valence-electron chi connectivity index (χ2n) is 5.34. The van der Waals surface area contributed by atoms with Crippen LogP contribution in [-0.4, -0.2) is 37.6 Å². The first-order valence-corrected chi connectivity index (χ1v) is 6.17. The van der Waals surface area contributed by atoms with Crippen LogP contribution >= 0.6 is 0 Å². The van der Waals surface area contributed by atoms with Crippen LogP contribution in [0.4, 0.5) is 0 Å². The smallest absolute Gasteiger partial charge is 0.0117 e. The minimum atomic E-state index is 0.784. The van der Waals surface area contributed by atoms with E-state index in [4.69, 9.17) is 0 Å². The van der Waals surface area contributed by atoms with Gasteiger partial charge in [0.15, 0.2) is 0 Å². The van der Waals surface area contributed by atoms with Crippen molar-refractivity contribution >= 4 is 0 Å². The average Bonchev–Trinajstić information content (AvgIpc) is 2.05. The van der Waals surface area contributed by atoms with E-state index in [0.717, 1.165) is 17.9 Å². The van der Waals surface area contributed by atoms with Gasteiger partial charge in [-0.1, -0.05) is 13.3 Å². The lowest BCUT2D eigenvalue weighted by molar-refractivity contribution is 0.164. The molecule has 2 fully saturated rings. The molecule has 0 radical (unpaired) electrons. The van der Waals surface area contributed by atoms with Crippen molar-refractivity contribution in [1.29, 1.82) is 0 Å². The quantitative estimate of drug-likeness (QED) is 0.739. The highest BCUT2D eigenvalue weighted by atomic mass is 15.1. The van der Waals surface area contributed by atoms with Gasteiger partial charge in [0.2, 0.25) is 0 Å². The summed E-state index contributed by atoms with van der Waals surface area (Å²) in [4.78, 5) is 2.45. The van der Waals surface area contributed by atoms with Crippen LogP contribution in [0.1, 0.15) is 32.6 Å². The molecule has 1 saturated heterocycles. The summed E-state index contributed by atoms with van der Waals surface area (Å²) in [6.45, 7) is 6.20. The molecule has 2 rings (SSSR count). The van der Waals surface area contributed by atoms with Gasteiger partial charge in [-0.2, -0.15) is 0 Å². The molecule has 1 N–H and O–H groups in total. The fourth-order valence-electron chi connectivity index (χ4n) is 2.67. The molecule has 1 aliphatic carbocycles. The van der Waals surface area contributed by atoms with Gasteiger partial charge in [-0.3, -0.25) is 0 Å². The number of nitrogens with one attached hydrogen (secondary N) is 1. The Balaban J connectivity index is 1.68. The van der Waals surface area contributed by atoms with Crippen LogP contribution < -0.4 is 5.32 Å². The van der Waals surface area contributed by atoms with Crippen LogP contribution in [0, 0.1) is 11.8 Å². The lowest BCUT2D eigenvalue weighted by Crippen LogP contribution is -2.48. The molecule has 2 nitrogen and oxygen atoms in total. The molecule has 0 aromatic carbocycles. The van der Waals surface area contributed by atoms with E-state index in [9.17, 15) is 0 Å². The molecule has 2 atom stereocenters. The van der Waals surface area contributed by atoms with E-state index in [1.165, 1.54) is 45.3 Å². The van der Waals surface area contributed by atoms with Crippen molar-refractivity contribution in [2.75, 3.05) is 26.7 Å². The molecule has 1 heterocycles. The van der Waals surface area contributed by atoms with Crippen molar-refractivity contribution in [2.45, 2.75) is 38.6 Å². The van der Waals surface area contributed by atoms with E-state index in [0.29, 0.717) is 0 Å². The highest BCUT2D eigenvalue weighted by Gasteiger charge is 2.25. The third-order valence-corrected chi connectivity index (χ3v) is 4.00. The van der Waals surface area contributed by atoms with Crippen molar-refractivity contribution in [3.05, 3.63) is 0 Å². The number of likely N-dealkylation sites (tertiary alicyclic amines) is 1. The van der Waals surface area contributed by atoms with Crippen LogP contribution in [0.3, 0.4) is 0 Å². The fourth-order valence-corrected chi connectivity index (χ4v) is 2.67.